The summed E-state index contributed by atoms with van der Waals surface area (Å²) < 4.78 is 0. The predicted molar refractivity (Wildman–Crippen MR) is 77.6 cm³/mol. The number of likely N-dealkylation sites (tertiary alicyclic amines) is 1. The highest BCUT2D eigenvalue weighted by Gasteiger charge is 2.25. The van der Waals surface area contributed by atoms with Crippen molar-refractivity contribution in [2.45, 2.75) is 19.4 Å². The number of hydrogen-bond acceptors (Lipinski definition) is 2. The van der Waals surface area contributed by atoms with Gasteiger partial charge in [-0.05, 0) is 24.9 Å². The maximum absolute atomic E-state index is 12.0. The molecule has 1 amide bonds. The molecule has 19 heavy (non-hydrogen) atoms. The Morgan fingerprint density at radius 1 is 1.42 bits per heavy atom. The summed E-state index contributed by atoms with van der Waals surface area (Å²) in [5.41, 5.74) is 1.31. The number of nitrogens with one attached hydrogen (secondary N) is 1. The highest BCUT2D eigenvalue weighted by Crippen LogP contribution is 2.18. The molecular formula is C16H22N2O. The summed E-state index contributed by atoms with van der Waals surface area (Å²) in [6.45, 7) is 7.07. The number of nitrogens with zero attached hydrogens (tertiary/aromatic N) is 1. The summed E-state index contributed by atoms with van der Waals surface area (Å²) in [7, 11) is 0. The summed E-state index contributed by atoms with van der Waals surface area (Å²) in [6.07, 6.45) is 3.82. The molecule has 3 heteroatoms. The zero-order chi connectivity index (χ0) is 13.5. The molecule has 102 valence electrons. The number of rotatable bonds is 5. The Balaban J connectivity index is 1.86. The molecule has 1 aromatic rings. The fourth-order valence-corrected chi connectivity index (χ4v) is 2.57. The third kappa shape index (κ3) is 4.21. The van der Waals surface area contributed by atoms with Gasteiger partial charge in [-0.25, -0.2) is 0 Å². The van der Waals surface area contributed by atoms with E-state index in [1.54, 1.807) is 6.08 Å². The lowest BCUT2D eigenvalue weighted by molar-refractivity contribution is -0.126. The van der Waals surface area contributed by atoms with Gasteiger partial charge in [0.15, 0.2) is 0 Å². The third-order valence-electron chi connectivity index (χ3n) is 3.55. The minimum Gasteiger partial charge on any atom is -0.352 e. The van der Waals surface area contributed by atoms with E-state index in [4.69, 9.17) is 0 Å². The molecule has 0 aromatic heterocycles. The Bertz CT molecular complexity index is 416. The van der Waals surface area contributed by atoms with Gasteiger partial charge in [0.1, 0.15) is 0 Å². The average molecular weight is 258 g/mol. The molecule has 1 saturated heterocycles. The summed E-state index contributed by atoms with van der Waals surface area (Å²) >= 11 is 0. The molecule has 0 unspecified atom stereocenters. The highest BCUT2D eigenvalue weighted by atomic mass is 16.1. The van der Waals surface area contributed by atoms with E-state index in [9.17, 15) is 4.79 Å². The fraction of sp³-hybridized carbons (Fsp3) is 0.438. The molecule has 2 rings (SSSR count). The number of carbonyl (C=O) groups is 1. The fourth-order valence-electron chi connectivity index (χ4n) is 2.57. The van der Waals surface area contributed by atoms with E-state index in [1.165, 1.54) is 5.56 Å². The van der Waals surface area contributed by atoms with Crippen LogP contribution in [0.15, 0.2) is 43.0 Å². The minimum atomic E-state index is 0.123. The van der Waals surface area contributed by atoms with Crippen LogP contribution in [0.2, 0.25) is 0 Å². The smallest absolute Gasteiger partial charge is 0.224 e. The Morgan fingerprint density at radius 3 is 2.95 bits per heavy atom. The van der Waals surface area contributed by atoms with Crippen LogP contribution in [0.25, 0.3) is 0 Å². The van der Waals surface area contributed by atoms with E-state index in [1.807, 2.05) is 6.07 Å². The van der Waals surface area contributed by atoms with Crippen molar-refractivity contribution < 1.29 is 4.79 Å². The van der Waals surface area contributed by atoms with Crippen LogP contribution in [0, 0.1) is 5.92 Å². The second-order valence-electron chi connectivity index (χ2n) is 5.09. The van der Waals surface area contributed by atoms with Crippen molar-refractivity contribution >= 4 is 5.91 Å². The summed E-state index contributed by atoms with van der Waals surface area (Å²) in [6, 6.07) is 10.4. The molecule has 0 bridgehead atoms. The summed E-state index contributed by atoms with van der Waals surface area (Å²) in [5.74, 6) is 0.287. The molecular weight excluding hydrogens is 236 g/mol. The molecule has 0 saturated carbocycles. The van der Waals surface area contributed by atoms with Gasteiger partial charge >= 0.3 is 0 Å². The molecule has 3 nitrogen and oxygen atoms in total. The molecule has 0 radical (unpaired) electrons. The van der Waals surface area contributed by atoms with E-state index in [0.29, 0.717) is 6.54 Å². The molecule has 0 aliphatic carbocycles. The molecule has 1 aliphatic rings. The summed E-state index contributed by atoms with van der Waals surface area (Å²) in [5, 5.41) is 2.90. The maximum atomic E-state index is 12.0. The van der Waals surface area contributed by atoms with Gasteiger partial charge < -0.3 is 5.32 Å². The van der Waals surface area contributed by atoms with Crippen LogP contribution < -0.4 is 5.32 Å². The van der Waals surface area contributed by atoms with Gasteiger partial charge in [-0.2, -0.15) is 0 Å². The van der Waals surface area contributed by atoms with Crippen LogP contribution >= 0.6 is 0 Å². The lowest BCUT2D eigenvalue weighted by Crippen LogP contribution is -2.42. The second-order valence-corrected chi connectivity index (χ2v) is 5.09. The van der Waals surface area contributed by atoms with E-state index in [0.717, 1.165) is 32.5 Å². The molecule has 1 fully saturated rings. The van der Waals surface area contributed by atoms with Crippen molar-refractivity contribution in [2.24, 2.45) is 5.92 Å². The first-order chi connectivity index (χ1) is 9.29. The zero-order valence-corrected chi connectivity index (χ0v) is 11.3. The SMILES string of the molecule is C=CCNC(=O)[C@@H]1CCCN(Cc2ccccc2)C1. The zero-order valence-electron chi connectivity index (χ0n) is 11.3. The average Bonchev–Trinajstić information content (AvgIpc) is 2.46. The van der Waals surface area contributed by atoms with Crippen molar-refractivity contribution in [3.8, 4) is 0 Å². The van der Waals surface area contributed by atoms with Crippen LogP contribution in [0.5, 0.6) is 0 Å². The Morgan fingerprint density at radius 2 is 2.21 bits per heavy atom. The first-order valence-corrected chi connectivity index (χ1v) is 6.94. The molecule has 1 heterocycles. The van der Waals surface area contributed by atoms with Gasteiger partial charge in [0, 0.05) is 19.6 Å². The minimum absolute atomic E-state index is 0.123. The number of carbonyl (C=O) groups excluding carboxylic acids is 1. The quantitative estimate of drug-likeness (QED) is 0.821. The number of benzene rings is 1. The topological polar surface area (TPSA) is 32.3 Å². The van der Waals surface area contributed by atoms with E-state index < -0.39 is 0 Å². The number of piperidine rings is 1. The third-order valence-corrected chi connectivity index (χ3v) is 3.55. The van der Waals surface area contributed by atoms with Gasteiger partial charge in [-0.1, -0.05) is 36.4 Å². The van der Waals surface area contributed by atoms with Crippen molar-refractivity contribution in [3.05, 3.63) is 48.6 Å². The van der Waals surface area contributed by atoms with Gasteiger partial charge in [0.25, 0.3) is 0 Å². The lowest BCUT2D eigenvalue weighted by atomic mass is 9.96. The molecule has 0 spiro atoms. The number of amides is 1. The highest BCUT2D eigenvalue weighted by molar-refractivity contribution is 5.79. The van der Waals surface area contributed by atoms with Crippen LogP contribution in [0.3, 0.4) is 0 Å². The Labute approximate surface area is 115 Å². The Kier molecular flexibility index (Phi) is 5.16. The maximum Gasteiger partial charge on any atom is 0.224 e. The summed E-state index contributed by atoms with van der Waals surface area (Å²) in [4.78, 5) is 14.3. The van der Waals surface area contributed by atoms with Crippen molar-refractivity contribution in [1.82, 2.24) is 10.2 Å². The van der Waals surface area contributed by atoms with Crippen LogP contribution in [0.4, 0.5) is 0 Å². The normalized spacial score (nSPS) is 19.9. The van der Waals surface area contributed by atoms with Crippen molar-refractivity contribution in [3.63, 3.8) is 0 Å². The number of hydrogen-bond donors (Lipinski definition) is 1. The Hall–Kier alpha value is -1.61. The molecule has 1 aromatic carbocycles. The second kappa shape index (κ2) is 7.10. The largest absolute Gasteiger partial charge is 0.352 e. The standard InChI is InChI=1S/C16H22N2O/c1-2-10-17-16(19)15-9-6-11-18(13-15)12-14-7-4-3-5-8-14/h2-5,7-8,15H,1,6,9-13H2,(H,17,19)/t15-/m1/s1. The monoisotopic (exact) mass is 258 g/mol. The van der Waals surface area contributed by atoms with Crippen molar-refractivity contribution in [2.75, 3.05) is 19.6 Å². The first-order valence-electron chi connectivity index (χ1n) is 6.94. The molecule has 1 atom stereocenters. The van der Waals surface area contributed by atoms with Gasteiger partial charge in [-0.15, -0.1) is 6.58 Å². The predicted octanol–water partition coefficient (Wildman–Crippen LogP) is 2.20. The van der Waals surface area contributed by atoms with E-state index in [2.05, 4.69) is 41.1 Å². The van der Waals surface area contributed by atoms with Crippen LogP contribution in [-0.2, 0) is 11.3 Å². The van der Waals surface area contributed by atoms with Crippen LogP contribution in [-0.4, -0.2) is 30.4 Å². The van der Waals surface area contributed by atoms with Gasteiger partial charge in [0.2, 0.25) is 5.91 Å². The van der Waals surface area contributed by atoms with Crippen LogP contribution in [0.1, 0.15) is 18.4 Å². The molecule has 1 aliphatic heterocycles. The van der Waals surface area contributed by atoms with Crippen molar-refractivity contribution in [1.29, 1.82) is 0 Å². The van der Waals surface area contributed by atoms with E-state index in [-0.39, 0.29) is 11.8 Å². The van der Waals surface area contributed by atoms with Gasteiger partial charge in [-0.3, -0.25) is 9.69 Å². The van der Waals surface area contributed by atoms with Gasteiger partial charge in [0.05, 0.1) is 5.92 Å². The first kappa shape index (κ1) is 13.8. The molecule has 1 N–H and O–H groups in total. The lowest BCUT2D eigenvalue weighted by Gasteiger charge is -2.31. The van der Waals surface area contributed by atoms with E-state index >= 15 is 0 Å².